The van der Waals surface area contributed by atoms with E-state index >= 15 is 0 Å². The first-order chi connectivity index (χ1) is 9.61. The zero-order chi connectivity index (χ0) is 14.5. The van der Waals surface area contributed by atoms with E-state index in [1.165, 1.54) is 5.56 Å². The van der Waals surface area contributed by atoms with E-state index in [9.17, 15) is 0 Å². The van der Waals surface area contributed by atoms with Gasteiger partial charge in [-0.1, -0.05) is 19.1 Å². The second-order valence-electron chi connectivity index (χ2n) is 5.14. The van der Waals surface area contributed by atoms with E-state index in [-0.39, 0.29) is 12.1 Å². The van der Waals surface area contributed by atoms with Gasteiger partial charge in [0.15, 0.2) is 0 Å². The predicted octanol–water partition coefficient (Wildman–Crippen LogP) is 3.48. The molecule has 0 fully saturated rings. The molecule has 106 valence electrons. The minimum Gasteiger partial charge on any atom is -0.491 e. The first kappa shape index (κ1) is 14.5. The number of benzene rings is 1. The van der Waals surface area contributed by atoms with Crippen LogP contribution in [0.1, 0.15) is 43.5 Å². The van der Waals surface area contributed by atoms with Gasteiger partial charge in [-0.2, -0.15) is 0 Å². The highest BCUT2D eigenvalue weighted by Crippen LogP contribution is 2.25. The molecule has 0 saturated carbocycles. The summed E-state index contributed by atoms with van der Waals surface area (Å²) in [5.74, 6) is 0.861. The van der Waals surface area contributed by atoms with Gasteiger partial charge in [-0.05, 0) is 55.2 Å². The number of rotatable bonds is 5. The van der Waals surface area contributed by atoms with Gasteiger partial charge in [0.1, 0.15) is 5.75 Å². The Morgan fingerprint density at radius 3 is 2.75 bits per heavy atom. The van der Waals surface area contributed by atoms with Gasteiger partial charge in [0.05, 0.1) is 12.1 Å². The Morgan fingerprint density at radius 1 is 1.25 bits per heavy atom. The van der Waals surface area contributed by atoms with Crippen LogP contribution in [-0.2, 0) is 6.42 Å². The van der Waals surface area contributed by atoms with Crippen LogP contribution < -0.4 is 10.5 Å². The van der Waals surface area contributed by atoms with E-state index in [0.29, 0.717) is 0 Å². The molecule has 2 aromatic rings. The number of pyridine rings is 1. The van der Waals surface area contributed by atoms with Crippen molar-refractivity contribution in [2.75, 3.05) is 0 Å². The fraction of sp³-hybridized carbons (Fsp3) is 0.353. The average molecular weight is 270 g/mol. The zero-order valence-corrected chi connectivity index (χ0v) is 12.3. The van der Waals surface area contributed by atoms with Crippen LogP contribution in [0.15, 0.2) is 42.7 Å². The molecule has 0 aliphatic carbocycles. The fourth-order valence-corrected chi connectivity index (χ4v) is 2.27. The molecule has 20 heavy (non-hydrogen) atoms. The van der Waals surface area contributed by atoms with E-state index in [1.54, 1.807) is 6.20 Å². The first-order valence-corrected chi connectivity index (χ1v) is 7.06. The minimum absolute atomic E-state index is 0.149. The van der Waals surface area contributed by atoms with Crippen molar-refractivity contribution in [2.24, 2.45) is 5.73 Å². The number of nitrogens with zero attached hydrogens (tertiary/aromatic N) is 1. The van der Waals surface area contributed by atoms with Crippen LogP contribution in [0.25, 0.3) is 0 Å². The van der Waals surface area contributed by atoms with E-state index in [1.807, 2.05) is 50.4 Å². The maximum Gasteiger partial charge on any atom is 0.120 e. The van der Waals surface area contributed by atoms with E-state index in [4.69, 9.17) is 10.5 Å². The fourth-order valence-electron chi connectivity index (χ4n) is 2.27. The van der Waals surface area contributed by atoms with Gasteiger partial charge in [-0.15, -0.1) is 0 Å². The number of nitrogens with two attached hydrogens (primary N) is 1. The SMILES string of the molecule is CCc1cnccc1C(N)c1cccc(OC(C)C)c1. The summed E-state index contributed by atoms with van der Waals surface area (Å²) in [7, 11) is 0. The minimum atomic E-state index is -0.149. The molecular weight excluding hydrogens is 248 g/mol. The van der Waals surface area contributed by atoms with Crippen molar-refractivity contribution >= 4 is 0 Å². The van der Waals surface area contributed by atoms with Crippen molar-refractivity contribution in [1.29, 1.82) is 0 Å². The molecule has 1 heterocycles. The molecule has 0 aliphatic rings. The average Bonchev–Trinajstić information content (AvgIpc) is 2.46. The quantitative estimate of drug-likeness (QED) is 0.905. The van der Waals surface area contributed by atoms with Gasteiger partial charge < -0.3 is 10.5 Å². The van der Waals surface area contributed by atoms with Gasteiger partial charge in [0.2, 0.25) is 0 Å². The molecule has 2 rings (SSSR count). The lowest BCUT2D eigenvalue weighted by atomic mass is 9.95. The number of aryl methyl sites for hydroxylation is 1. The third-order valence-electron chi connectivity index (χ3n) is 3.25. The molecule has 0 bridgehead atoms. The topological polar surface area (TPSA) is 48.1 Å². The molecule has 3 heteroatoms. The van der Waals surface area contributed by atoms with Gasteiger partial charge in [-0.3, -0.25) is 4.98 Å². The smallest absolute Gasteiger partial charge is 0.120 e. The normalized spacial score (nSPS) is 12.4. The van der Waals surface area contributed by atoms with Crippen LogP contribution in [0.3, 0.4) is 0 Å². The van der Waals surface area contributed by atoms with Gasteiger partial charge in [-0.25, -0.2) is 0 Å². The van der Waals surface area contributed by atoms with Crippen LogP contribution in [-0.4, -0.2) is 11.1 Å². The van der Waals surface area contributed by atoms with Crippen LogP contribution in [0.5, 0.6) is 5.75 Å². The number of hydrogen-bond donors (Lipinski definition) is 1. The van der Waals surface area contributed by atoms with E-state index in [0.717, 1.165) is 23.3 Å². The van der Waals surface area contributed by atoms with Gasteiger partial charge >= 0.3 is 0 Å². The maximum absolute atomic E-state index is 6.41. The highest BCUT2D eigenvalue weighted by atomic mass is 16.5. The lowest BCUT2D eigenvalue weighted by Crippen LogP contribution is -2.14. The summed E-state index contributed by atoms with van der Waals surface area (Å²) in [6.07, 6.45) is 4.78. The van der Waals surface area contributed by atoms with Gasteiger partial charge in [0.25, 0.3) is 0 Å². The van der Waals surface area contributed by atoms with Crippen molar-refractivity contribution in [3.8, 4) is 5.75 Å². The largest absolute Gasteiger partial charge is 0.491 e. The molecule has 3 nitrogen and oxygen atoms in total. The Bertz CT molecular complexity index is 566. The number of hydrogen-bond acceptors (Lipinski definition) is 3. The molecule has 1 aromatic carbocycles. The molecule has 2 N–H and O–H groups in total. The third-order valence-corrected chi connectivity index (χ3v) is 3.25. The molecule has 0 amide bonds. The summed E-state index contributed by atoms with van der Waals surface area (Å²) in [5.41, 5.74) is 9.79. The summed E-state index contributed by atoms with van der Waals surface area (Å²) in [6.45, 7) is 6.15. The van der Waals surface area contributed by atoms with E-state index in [2.05, 4.69) is 11.9 Å². The maximum atomic E-state index is 6.41. The Balaban J connectivity index is 2.30. The molecular formula is C17H22N2O. The number of aromatic nitrogens is 1. The number of ether oxygens (including phenoxy) is 1. The predicted molar refractivity (Wildman–Crippen MR) is 81.9 cm³/mol. The van der Waals surface area contributed by atoms with E-state index < -0.39 is 0 Å². The van der Waals surface area contributed by atoms with Crippen LogP contribution in [0.2, 0.25) is 0 Å². The van der Waals surface area contributed by atoms with Crippen molar-refractivity contribution in [1.82, 2.24) is 4.98 Å². The Labute approximate surface area is 120 Å². The highest BCUT2D eigenvalue weighted by Gasteiger charge is 2.13. The lowest BCUT2D eigenvalue weighted by Gasteiger charge is -2.17. The van der Waals surface area contributed by atoms with Crippen LogP contribution >= 0.6 is 0 Å². The van der Waals surface area contributed by atoms with Crippen LogP contribution in [0.4, 0.5) is 0 Å². The van der Waals surface area contributed by atoms with Crippen molar-refractivity contribution < 1.29 is 4.74 Å². The summed E-state index contributed by atoms with van der Waals surface area (Å²) in [4.78, 5) is 4.17. The zero-order valence-electron chi connectivity index (χ0n) is 12.3. The van der Waals surface area contributed by atoms with Gasteiger partial charge in [0, 0.05) is 12.4 Å². The lowest BCUT2D eigenvalue weighted by molar-refractivity contribution is 0.242. The molecule has 1 aromatic heterocycles. The molecule has 0 aliphatic heterocycles. The first-order valence-electron chi connectivity index (χ1n) is 7.06. The van der Waals surface area contributed by atoms with Crippen molar-refractivity contribution in [2.45, 2.75) is 39.3 Å². The Hall–Kier alpha value is -1.87. The second kappa shape index (κ2) is 6.53. The molecule has 0 saturated heterocycles. The summed E-state index contributed by atoms with van der Waals surface area (Å²) < 4.78 is 5.73. The summed E-state index contributed by atoms with van der Waals surface area (Å²) >= 11 is 0. The monoisotopic (exact) mass is 270 g/mol. The van der Waals surface area contributed by atoms with Crippen LogP contribution in [0, 0.1) is 0 Å². The molecule has 0 radical (unpaired) electrons. The molecule has 0 spiro atoms. The third kappa shape index (κ3) is 3.36. The summed E-state index contributed by atoms with van der Waals surface area (Å²) in [6, 6.07) is 9.86. The molecule has 1 unspecified atom stereocenters. The van der Waals surface area contributed by atoms with Crippen molar-refractivity contribution in [3.05, 3.63) is 59.4 Å². The standard InChI is InChI=1S/C17H22N2O/c1-4-13-11-19-9-8-16(13)17(18)14-6-5-7-15(10-14)20-12(2)3/h5-12,17H,4,18H2,1-3H3. The van der Waals surface area contributed by atoms with Crippen molar-refractivity contribution in [3.63, 3.8) is 0 Å². The second-order valence-corrected chi connectivity index (χ2v) is 5.14. The molecule has 1 atom stereocenters. The Morgan fingerprint density at radius 2 is 2.05 bits per heavy atom. The highest BCUT2D eigenvalue weighted by molar-refractivity contribution is 5.38. The Kier molecular flexibility index (Phi) is 4.74. The summed E-state index contributed by atoms with van der Waals surface area (Å²) in [5, 5.41) is 0.